The summed E-state index contributed by atoms with van der Waals surface area (Å²) in [5.74, 6) is -0.0664. The van der Waals surface area contributed by atoms with E-state index >= 15 is 0 Å². The first-order valence-corrected chi connectivity index (χ1v) is 10.4. The lowest BCUT2D eigenvalue weighted by Gasteiger charge is -2.27. The normalized spacial score (nSPS) is 14.2. The molecule has 0 fully saturated rings. The number of aromatic nitrogens is 2. The fraction of sp³-hybridized carbons (Fsp3) is 0.435. The molecule has 3 rings (SSSR count). The minimum Gasteiger partial charge on any atom is -0.494 e. The summed E-state index contributed by atoms with van der Waals surface area (Å²) in [6.07, 6.45) is -4.62. The van der Waals surface area contributed by atoms with Crippen molar-refractivity contribution in [2.45, 2.75) is 52.9 Å². The van der Waals surface area contributed by atoms with Gasteiger partial charge in [-0.1, -0.05) is 20.8 Å². The highest BCUT2D eigenvalue weighted by molar-refractivity contribution is 5.98. The van der Waals surface area contributed by atoms with Crippen LogP contribution in [0.4, 0.5) is 13.2 Å². The Bertz CT molecular complexity index is 1180. The second kappa shape index (κ2) is 8.66. The second-order valence-corrected chi connectivity index (χ2v) is 8.99. The number of amides is 1. The summed E-state index contributed by atoms with van der Waals surface area (Å²) in [6.45, 7) is 9.50. The Morgan fingerprint density at radius 2 is 1.79 bits per heavy atom. The third-order valence-electron chi connectivity index (χ3n) is 5.49. The van der Waals surface area contributed by atoms with Crippen LogP contribution in [0.1, 0.15) is 62.6 Å². The minimum atomic E-state index is -4.62. The van der Waals surface area contributed by atoms with Gasteiger partial charge >= 0.3 is 6.18 Å². The van der Waals surface area contributed by atoms with Crippen LogP contribution in [0.15, 0.2) is 28.7 Å². The SMILES string of the molecule is COc1ccc(-c2nc(C(=O)N[C@@H](C)C(C)(C)C)c([C@H](C)N)o2)c2ccc(C(F)(F)F)nc12. The van der Waals surface area contributed by atoms with E-state index in [0.717, 1.165) is 6.07 Å². The standard InChI is InChI=1S/C23H27F3N4O3/c1-11(27)19-18(20(31)28-12(2)22(3,4)5)30-21(33-19)14-7-9-15(32-6)17-13(14)8-10-16(29-17)23(24,25)26/h7-12H,27H2,1-6H3,(H,28,31)/t11-,12-/m0/s1. The van der Waals surface area contributed by atoms with Gasteiger partial charge in [0.2, 0.25) is 5.89 Å². The van der Waals surface area contributed by atoms with E-state index < -0.39 is 23.8 Å². The monoisotopic (exact) mass is 464 g/mol. The van der Waals surface area contributed by atoms with Crippen LogP contribution in [0.2, 0.25) is 0 Å². The maximum Gasteiger partial charge on any atom is 0.433 e. The number of carbonyl (C=O) groups is 1. The highest BCUT2D eigenvalue weighted by Crippen LogP contribution is 2.37. The summed E-state index contributed by atoms with van der Waals surface area (Å²) in [6, 6.07) is 4.41. The molecule has 0 aliphatic heterocycles. The van der Waals surface area contributed by atoms with E-state index in [-0.39, 0.29) is 40.1 Å². The van der Waals surface area contributed by atoms with Crippen molar-refractivity contribution < 1.29 is 27.1 Å². The van der Waals surface area contributed by atoms with E-state index in [1.54, 1.807) is 13.0 Å². The van der Waals surface area contributed by atoms with Gasteiger partial charge in [0.25, 0.3) is 5.91 Å². The van der Waals surface area contributed by atoms with Crippen molar-refractivity contribution in [1.82, 2.24) is 15.3 Å². The molecule has 0 radical (unpaired) electrons. The first-order valence-electron chi connectivity index (χ1n) is 10.4. The number of nitrogens with zero attached hydrogens (tertiary/aromatic N) is 2. The van der Waals surface area contributed by atoms with Crippen molar-refractivity contribution in [2.75, 3.05) is 7.11 Å². The van der Waals surface area contributed by atoms with Crippen molar-refractivity contribution >= 4 is 16.8 Å². The molecule has 0 saturated carbocycles. The van der Waals surface area contributed by atoms with E-state index in [1.165, 1.54) is 19.2 Å². The average Bonchev–Trinajstić information content (AvgIpc) is 3.16. The lowest BCUT2D eigenvalue weighted by molar-refractivity contribution is -0.140. The molecule has 1 amide bonds. The maximum absolute atomic E-state index is 13.2. The van der Waals surface area contributed by atoms with E-state index in [4.69, 9.17) is 14.9 Å². The first-order chi connectivity index (χ1) is 15.2. The highest BCUT2D eigenvalue weighted by Gasteiger charge is 2.33. The van der Waals surface area contributed by atoms with Gasteiger partial charge in [-0.05, 0) is 43.5 Å². The number of nitrogens with two attached hydrogens (primary N) is 1. The number of fused-ring (bicyclic) bond motifs is 1. The van der Waals surface area contributed by atoms with Crippen molar-refractivity contribution in [3.63, 3.8) is 0 Å². The molecular weight excluding hydrogens is 437 g/mol. The summed E-state index contributed by atoms with van der Waals surface area (Å²) < 4.78 is 50.7. The van der Waals surface area contributed by atoms with Crippen LogP contribution in [-0.2, 0) is 6.18 Å². The van der Waals surface area contributed by atoms with Crippen LogP contribution in [0.25, 0.3) is 22.4 Å². The molecule has 10 heteroatoms. The third-order valence-corrected chi connectivity index (χ3v) is 5.49. The lowest BCUT2D eigenvalue weighted by atomic mass is 9.88. The Morgan fingerprint density at radius 3 is 2.33 bits per heavy atom. The zero-order valence-corrected chi connectivity index (χ0v) is 19.3. The molecule has 3 N–H and O–H groups in total. The number of halogens is 3. The Morgan fingerprint density at radius 1 is 1.12 bits per heavy atom. The minimum absolute atomic E-state index is 0.00210. The number of methoxy groups -OCH3 is 1. The number of pyridine rings is 1. The van der Waals surface area contributed by atoms with Crippen LogP contribution >= 0.6 is 0 Å². The highest BCUT2D eigenvalue weighted by atomic mass is 19.4. The molecule has 0 unspecified atom stereocenters. The topological polar surface area (TPSA) is 103 Å². The fourth-order valence-electron chi connectivity index (χ4n) is 3.10. The molecule has 2 aromatic heterocycles. The predicted molar refractivity (Wildman–Crippen MR) is 118 cm³/mol. The van der Waals surface area contributed by atoms with E-state index in [2.05, 4.69) is 15.3 Å². The van der Waals surface area contributed by atoms with Gasteiger partial charge in [0, 0.05) is 17.0 Å². The predicted octanol–water partition coefficient (Wildman–Crippen LogP) is 5.10. The molecule has 0 aliphatic carbocycles. The van der Waals surface area contributed by atoms with Crippen molar-refractivity contribution in [3.8, 4) is 17.2 Å². The molecule has 2 atom stereocenters. The largest absolute Gasteiger partial charge is 0.494 e. The van der Waals surface area contributed by atoms with Crippen LogP contribution in [0, 0.1) is 5.41 Å². The van der Waals surface area contributed by atoms with Gasteiger partial charge in [-0.15, -0.1) is 0 Å². The summed E-state index contributed by atoms with van der Waals surface area (Å²) in [4.78, 5) is 21.1. The van der Waals surface area contributed by atoms with Gasteiger partial charge in [0.05, 0.1) is 13.2 Å². The zero-order valence-electron chi connectivity index (χ0n) is 19.3. The van der Waals surface area contributed by atoms with Gasteiger partial charge in [0.15, 0.2) is 11.5 Å². The smallest absolute Gasteiger partial charge is 0.433 e. The van der Waals surface area contributed by atoms with Crippen molar-refractivity contribution in [1.29, 1.82) is 0 Å². The number of ether oxygens (including phenoxy) is 1. The molecule has 2 heterocycles. The number of nitrogens with one attached hydrogen (secondary N) is 1. The second-order valence-electron chi connectivity index (χ2n) is 8.99. The molecule has 0 bridgehead atoms. The maximum atomic E-state index is 13.2. The lowest BCUT2D eigenvalue weighted by Crippen LogP contribution is -2.41. The first kappa shape index (κ1) is 24.5. The van der Waals surface area contributed by atoms with Gasteiger partial charge in [-0.3, -0.25) is 4.79 Å². The number of benzene rings is 1. The van der Waals surface area contributed by atoms with Crippen molar-refractivity contribution in [2.24, 2.45) is 11.1 Å². The van der Waals surface area contributed by atoms with Gasteiger partial charge in [0.1, 0.15) is 17.0 Å². The molecule has 0 aliphatic rings. The average molecular weight is 464 g/mol. The summed E-state index contributed by atoms with van der Waals surface area (Å²) in [7, 11) is 1.34. The Kier molecular flexibility index (Phi) is 6.43. The molecule has 0 saturated heterocycles. The molecule has 0 spiro atoms. The van der Waals surface area contributed by atoms with Crippen LogP contribution in [0.3, 0.4) is 0 Å². The fourth-order valence-corrected chi connectivity index (χ4v) is 3.10. The van der Waals surface area contributed by atoms with E-state index in [9.17, 15) is 18.0 Å². The van der Waals surface area contributed by atoms with E-state index in [1.807, 2.05) is 27.7 Å². The number of rotatable bonds is 5. The number of hydrogen-bond acceptors (Lipinski definition) is 6. The number of alkyl halides is 3. The molecule has 178 valence electrons. The Labute approximate surface area is 189 Å². The zero-order chi connectivity index (χ0) is 24.7. The number of hydrogen-bond donors (Lipinski definition) is 2. The number of carbonyl (C=O) groups excluding carboxylic acids is 1. The summed E-state index contributed by atoms with van der Waals surface area (Å²) >= 11 is 0. The number of oxazole rings is 1. The van der Waals surface area contributed by atoms with Gasteiger partial charge in [-0.25, -0.2) is 9.97 Å². The molecule has 1 aromatic carbocycles. The third kappa shape index (κ3) is 4.95. The molecule has 33 heavy (non-hydrogen) atoms. The van der Waals surface area contributed by atoms with Crippen molar-refractivity contribution in [3.05, 3.63) is 41.4 Å². The quantitative estimate of drug-likeness (QED) is 0.544. The van der Waals surface area contributed by atoms with E-state index in [0.29, 0.717) is 10.9 Å². The van der Waals surface area contributed by atoms with Gasteiger partial charge < -0.3 is 20.2 Å². The van der Waals surface area contributed by atoms with Crippen LogP contribution in [0.5, 0.6) is 5.75 Å². The molecule has 3 aromatic rings. The van der Waals surface area contributed by atoms with Crippen LogP contribution in [-0.4, -0.2) is 29.0 Å². The summed E-state index contributed by atoms with van der Waals surface area (Å²) in [5, 5.41) is 3.23. The van der Waals surface area contributed by atoms with Crippen LogP contribution < -0.4 is 15.8 Å². The molecular formula is C23H27F3N4O3. The summed E-state index contributed by atoms with van der Waals surface area (Å²) in [5.41, 5.74) is 5.16. The Hall–Kier alpha value is -3.14. The Balaban J connectivity index is 2.14. The molecule has 7 nitrogen and oxygen atoms in total. The van der Waals surface area contributed by atoms with Gasteiger partial charge in [-0.2, -0.15) is 13.2 Å².